The molecule has 0 saturated heterocycles. The standard InChI is InChI=1S/C20H16F3N5O3/c1-11(29)17(26-15-7-6-14(10-25)16(8-15)20(21,22)23)19(31)28-27-18(30)13-4-2-12(9-24)3-5-13/h2-8,11,17,26,29H,1H3,(H,27,30)(H,28,31)/t11-,17?/m0/s1. The molecule has 0 fully saturated rings. The molecule has 0 aromatic heterocycles. The zero-order valence-corrected chi connectivity index (χ0v) is 16.0. The molecular weight excluding hydrogens is 415 g/mol. The van der Waals surface area contributed by atoms with Gasteiger partial charge in [0.1, 0.15) is 6.04 Å². The Morgan fingerprint density at radius 3 is 2.19 bits per heavy atom. The zero-order chi connectivity index (χ0) is 23.2. The molecule has 1 unspecified atom stereocenters. The van der Waals surface area contributed by atoms with Crippen molar-refractivity contribution in [3.63, 3.8) is 0 Å². The number of aliphatic hydroxyl groups excluding tert-OH is 1. The van der Waals surface area contributed by atoms with E-state index in [1.165, 1.54) is 37.3 Å². The van der Waals surface area contributed by atoms with Crippen molar-refractivity contribution in [3.05, 3.63) is 64.7 Å². The van der Waals surface area contributed by atoms with Gasteiger partial charge in [0.05, 0.1) is 34.9 Å². The first-order valence-corrected chi connectivity index (χ1v) is 8.73. The number of amides is 2. The zero-order valence-electron chi connectivity index (χ0n) is 16.0. The lowest BCUT2D eigenvalue weighted by atomic mass is 10.1. The van der Waals surface area contributed by atoms with Gasteiger partial charge in [0, 0.05) is 11.3 Å². The van der Waals surface area contributed by atoms with Gasteiger partial charge < -0.3 is 10.4 Å². The average Bonchev–Trinajstić information content (AvgIpc) is 2.74. The molecule has 11 heteroatoms. The third kappa shape index (κ3) is 5.95. The van der Waals surface area contributed by atoms with Crippen LogP contribution in [0.15, 0.2) is 42.5 Å². The average molecular weight is 431 g/mol. The van der Waals surface area contributed by atoms with Crippen LogP contribution in [0.25, 0.3) is 0 Å². The molecule has 31 heavy (non-hydrogen) atoms. The first-order chi connectivity index (χ1) is 14.6. The predicted octanol–water partition coefficient (Wildman–Crippen LogP) is 2.07. The number of hydrazine groups is 1. The Hall–Kier alpha value is -4.09. The van der Waals surface area contributed by atoms with E-state index >= 15 is 0 Å². The van der Waals surface area contributed by atoms with Gasteiger partial charge in [-0.3, -0.25) is 20.4 Å². The second-order valence-corrected chi connectivity index (χ2v) is 6.37. The number of rotatable bonds is 5. The van der Waals surface area contributed by atoms with Gasteiger partial charge in [-0.05, 0) is 49.4 Å². The molecule has 2 aromatic rings. The highest BCUT2D eigenvalue weighted by Gasteiger charge is 2.34. The summed E-state index contributed by atoms with van der Waals surface area (Å²) in [6.45, 7) is 1.23. The van der Waals surface area contributed by atoms with Gasteiger partial charge in [-0.15, -0.1) is 0 Å². The number of carbonyl (C=O) groups excluding carboxylic acids is 2. The molecule has 0 radical (unpaired) electrons. The summed E-state index contributed by atoms with van der Waals surface area (Å²) in [5, 5.41) is 29.9. The largest absolute Gasteiger partial charge is 0.417 e. The molecular formula is C20H16F3N5O3. The quantitative estimate of drug-likeness (QED) is 0.535. The number of nitriles is 2. The van der Waals surface area contributed by atoms with Crippen molar-refractivity contribution in [2.45, 2.75) is 25.2 Å². The van der Waals surface area contributed by atoms with E-state index in [2.05, 4.69) is 16.2 Å². The molecule has 0 spiro atoms. The number of hydrogen-bond acceptors (Lipinski definition) is 6. The highest BCUT2D eigenvalue weighted by Crippen LogP contribution is 2.33. The lowest BCUT2D eigenvalue weighted by Gasteiger charge is -2.22. The van der Waals surface area contributed by atoms with E-state index < -0.39 is 41.3 Å². The third-order valence-corrected chi connectivity index (χ3v) is 4.11. The molecule has 2 aromatic carbocycles. The number of alkyl halides is 3. The van der Waals surface area contributed by atoms with Crippen molar-refractivity contribution in [3.8, 4) is 12.1 Å². The minimum atomic E-state index is -4.79. The molecule has 0 bridgehead atoms. The smallest absolute Gasteiger partial charge is 0.391 e. The van der Waals surface area contributed by atoms with E-state index in [0.29, 0.717) is 11.6 Å². The molecule has 2 rings (SSSR count). The monoisotopic (exact) mass is 431 g/mol. The van der Waals surface area contributed by atoms with Crippen molar-refractivity contribution in [2.75, 3.05) is 5.32 Å². The van der Waals surface area contributed by atoms with E-state index in [9.17, 15) is 27.9 Å². The van der Waals surface area contributed by atoms with Crippen LogP contribution in [0, 0.1) is 22.7 Å². The van der Waals surface area contributed by atoms with Crippen LogP contribution in [0.4, 0.5) is 18.9 Å². The highest BCUT2D eigenvalue weighted by molar-refractivity contribution is 5.96. The normalized spacial score (nSPS) is 12.6. The number of halogens is 3. The third-order valence-electron chi connectivity index (χ3n) is 4.11. The van der Waals surface area contributed by atoms with Gasteiger partial charge in [-0.1, -0.05) is 0 Å². The van der Waals surface area contributed by atoms with Crippen LogP contribution in [-0.2, 0) is 11.0 Å². The van der Waals surface area contributed by atoms with Gasteiger partial charge in [0.25, 0.3) is 11.8 Å². The van der Waals surface area contributed by atoms with Crippen molar-refractivity contribution >= 4 is 17.5 Å². The maximum absolute atomic E-state index is 13.1. The maximum Gasteiger partial charge on any atom is 0.417 e. The Balaban J connectivity index is 2.11. The minimum absolute atomic E-state index is 0.141. The van der Waals surface area contributed by atoms with Gasteiger partial charge in [-0.2, -0.15) is 23.7 Å². The minimum Gasteiger partial charge on any atom is -0.391 e. The summed E-state index contributed by atoms with van der Waals surface area (Å²) in [5.74, 6) is -1.63. The van der Waals surface area contributed by atoms with Gasteiger partial charge in [0.15, 0.2) is 0 Å². The van der Waals surface area contributed by atoms with Crippen LogP contribution in [0.1, 0.15) is 34.0 Å². The Morgan fingerprint density at radius 2 is 1.68 bits per heavy atom. The van der Waals surface area contributed by atoms with Crippen LogP contribution in [0.3, 0.4) is 0 Å². The summed E-state index contributed by atoms with van der Waals surface area (Å²) in [7, 11) is 0. The van der Waals surface area contributed by atoms with Gasteiger partial charge in [0.2, 0.25) is 0 Å². The van der Waals surface area contributed by atoms with Crippen LogP contribution in [-0.4, -0.2) is 29.1 Å². The van der Waals surface area contributed by atoms with E-state index in [4.69, 9.17) is 10.5 Å². The summed E-state index contributed by atoms with van der Waals surface area (Å²) >= 11 is 0. The number of anilines is 1. The van der Waals surface area contributed by atoms with Crippen LogP contribution >= 0.6 is 0 Å². The van der Waals surface area contributed by atoms with E-state index in [-0.39, 0.29) is 11.3 Å². The van der Waals surface area contributed by atoms with E-state index in [1.807, 2.05) is 6.07 Å². The molecule has 8 nitrogen and oxygen atoms in total. The molecule has 4 N–H and O–H groups in total. The fraction of sp³-hybridized carbons (Fsp3) is 0.200. The fourth-order valence-corrected chi connectivity index (χ4v) is 2.52. The Morgan fingerprint density at radius 1 is 1.03 bits per heavy atom. The van der Waals surface area contributed by atoms with Crippen molar-refractivity contribution in [2.24, 2.45) is 0 Å². The van der Waals surface area contributed by atoms with Crippen molar-refractivity contribution in [1.29, 1.82) is 10.5 Å². The summed E-state index contributed by atoms with van der Waals surface area (Å²) in [6, 6.07) is 10.2. The number of aliphatic hydroxyl groups is 1. The lowest BCUT2D eigenvalue weighted by Crippen LogP contribution is -2.52. The van der Waals surface area contributed by atoms with E-state index in [1.54, 1.807) is 0 Å². The Kier molecular flexibility index (Phi) is 7.19. The molecule has 0 aliphatic carbocycles. The first kappa shape index (κ1) is 23.2. The fourth-order valence-electron chi connectivity index (χ4n) is 2.52. The van der Waals surface area contributed by atoms with Gasteiger partial charge >= 0.3 is 6.18 Å². The number of nitrogens with zero attached hydrogens (tertiary/aromatic N) is 2. The highest BCUT2D eigenvalue weighted by atomic mass is 19.4. The van der Waals surface area contributed by atoms with E-state index in [0.717, 1.165) is 12.1 Å². The lowest BCUT2D eigenvalue weighted by molar-refractivity contribution is -0.137. The van der Waals surface area contributed by atoms with Gasteiger partial charge in [-0.25, -0.2) is 0 Å². The second kappa shape index (κ2) is 9.61. The van der Waals surface area contributed by atoms with Crippen molar-refractivity contribution < 1.29 is 27.9 Å². The van der Waals surface area contributed by atoms with Crippen LogP contribution in [0.2, 0.25) is 0 Å². The summed E-state index contributed by atoms with van der Waals surface area (Å²) in [5.41, 5.74) is 2.72. The van der Waals surface area contributed by atoms with Crippen molar-refractivity contribution in [1.82, 2.24) is 10.9 Å². The number of nitrogens with one attached hydrogen (secondary N) is 3. The second-order valence-electron chi connectivity index (χ2n) is 6.37. The molecule has 0 aliphatic rings. The van der Waals surface area contributed by atoms with Crippen LogP contribution in [0.5, 0.6) is 0 Å². The summed E-state index contributed by atoms with van der Waals surface area (Å²) in [4.78, 5) is 24.4. The number of hydrogen-bond donors (Lipinski definition) is 4. The topological polar surface area (TPSA) is 138 Å². The summed E-state index contributed by atoms with van der Waals surface area (Å²) in [6.07, 6.45) is -6.14. The summed E-state index contributed by atoms with van der Waals surface area (Å²) < 4.78 is 39.3. The molecule has 160 valence electrons. The molecule has 0 heterocycles. The first-order valence-electron chi connectivity index (χ1n) is 8.73. The Labute approximate surface area is 174 Å². The SMILES string of the molecule is C[C@H](O)C(Nc1ccc(C#N)c(C(F)(F)F)c1)C(=O)NNC(=O)c1ccc(C#N)cc1. The Bertz CT molecular complexity index is 1050. The number of benzene rings is 2. The molecule has 2 amide bonds. The van der Waals surface area contributed by atoms with Crippen LogP contribution < -0.4 is 16.2 Å². The molecule has 0 aliphatic heterocycles. The molecule has 0 saturated carbocycles. The predicted molar refractivity (Wildman–Crippen MR) is 102 cm³/mol. The number of carbonyl (C=O) groups is 2. The maximum atomic E-state index is 13.1. The molecule has 2 atom stereocenters.